The Balaban J connectivity index is 2.28. The van der Waals surface area contributed by atoms with Gasteiger partial charge in [-0.15, -0.1) is 0 Å². The topological polar surface area (TPSA) is 99.8 Å². The highest BCUT2D eigenvalue weighted by atomic mass is 16.2. The summed E-state index contributed by atoms with van der Waals surface area (Å²) in [4.78, 5) is 27.6. The molecule has 2 unspecified atom stereocenters. The quantitative estimate of drug-likeness (QED) is 0.396. The van der Waals surface area contributed by atoms with Gasteiger partial charge >= 0.3 is 6.03 Å². The maximum atomic E-state index is 11.2. The van der Waals surface area contributed by atoms with Crippen molar-refractivity contribution >= 4 is 17.9 Å². The largest absolute Gasteiger partial charge is 0.370 e. The molecule has 2 aliphatic rings. The van der Waals surface area contributed by atoms with E-state index in [1.54, 1.807) is 11.9 Å². The van der Waals surface area contributed by atoms with Gasteiger partial charge in [-0.2, -0.15) is 0 Å². The summed E-state index contributed by atoms with van der Waals surface area (Å²) < 4.78 is 0. The first kappa shape index (κ1) is 7.84. The van der Waals surface area contributed by atoms with Crippen LogP contribution in [0.25, 0.3) is 0 Å². The van der Waals surface area contributed by atoms with Crippen molar-refractivity contribution in [1.82, 2.24) is 15.5 Å². The Kier molecular flexibility index (Phi) is 1.42. The van der Waals surface area contributed by atoms with Crippen LogP contribution >= 0.6 is 0 Å². The number of fused-ring (bicyclic) bond motifs is 1. The van der Waals surface area contributed by atoms with Gasteiger partial charge in [-0.3, -0.25) is 10.1 Å². The number of urea groups is 1. The number of nitrogens with zero attached hydrogens (tertiary/aromatic N) is 2. The summed E-state index contributed by atoms with van der Waals surface area (Å²) in [6.45, 7) is 0. The average molecular weight is 183 g/mol. The third-order valence-electron chi connectivity index (χ3n) is 2.13. The van der Waals surface area contributed by atoms with Crippen LogP contribution in [0.2, 0.25) is 0 Å². The molecule has 2 heterocycles. The second-order valence-corrected chi connectivity index (χ2v) is 2.95. The van der Waals surface area contributed by atoms with Gasteiger partial charge in [-0.25, -0.2) is 9.79 Å². The molecule has 2 atom stereocenters. The van der Waals surface area contributed by atoms with Gasteiger partial charge in [0.1, 0.15) is 6.17 Å². The summed E-state index contributed by atoms with van der Waals surface area (Å²) in [6, 6.07) is -1.13. The van der Waals surface area contributed by atoms with Crippen molar-refractivity contribution in [2.24, 2.45) is 10.7 Å². The van der Waals surface area contributed by atoms with Crippen molar-refractivity contribution in [3.8, 4) is 0 Å². The Hall–Kier alpha value is -1.79. The molecule has 0 spiro atoms. The first-order valence-electron chi connectivity index (χ1n) is 3.77. The Labute approximate surface area is 74.0 Å². The summed E-state index contributed by atoms with van der Waals surface area (Å²) in [5, 5.41) is 4.66. The van der Waals surface area contributed by atoms with Crippen molar-refractivity contribution in [2.75, 3.05) is 7.05 Å². The van der Waals surface area contributed by atoms with Gasteiger partial charge in [0.05, 0.1) is 0 Å². The van der Waals surface area contributed by atoms with Gasteiger partial charge in [0.2, 0.25) is 0 Å². The minimum Gasteiger partial charge on any atom is -0.370 e. The number of rotatable bonds is 0. The molecule has 0 aromatic carbocycles. The third-order valence-corrected chi connectivity index (χ3v) is 2.13. The van der Waals surface area contributed by atoms with E-state index >= 15 is 0 Å². The molecule has 0 aromatic heterocycles. The van der Waals surface area contributed by atoms with Gasteiger partial charge < -0.3 is 16.0 Å². The van der Waals surface area contributed by atoms with Crippen molar-refractivity contribution in [2.45, 2.75) is 12.2 Å². The van der Waals surface area contributed by atoms with Gasteiger partial charge in [-0.05, 0) is 0 Å². The second kappa shape index (κ2) is 2.35. The molecule has 1 saturated heterocycles. The lowest BCUT2D eigenvalue weighted by Crippen LogP contribution is -2.63. The lowest BCUT2D eigenvalue weighted by Gasteiger charge is -2.29. The molecule has 0 saturated carbocycles. The predicted octanol–water partition coefficient (Wildman–Crippen LogP) is -2.22. The monoisotopic (exact) mass is 183 g/mol. The number of carbonyl (C=O) groups excluding carboxylic acids is 2. The molecule has 1 fully saturated rings. The fraction of sp³-hybridized carbons (Fsp3) is 0.500. The first-order chi connectivity index (χ1) is 6.09. The van der Waals surface area contributed by atoms with Crippen LogP contribution in [0.1, 0.15) is 0 Å². The number of imide groups is 1. The Morgan fingerprint density at radius 3 is 2.92 bits per heavy atom. The Bertz CT molecular complexity index is 312. The van der Waals surface area contributed by atoms with E-state index in [0.29, 0.717) is 0 Å². The lowest BCUT2D eigenvalue weighted by molar-refractivity contribution is -0.123. The number of likely N-dealkylation sites (N-methyl/N-ethyl adjacent to an activating group) is 1. The van der Waals surface area contributed by atoms with Crippen LogP contribution in [0.5, 0.6) is 0 Å². The van der Waals surface area contributed by atoms with E-state index in [1.807, 2.05) is 0 Å². The van der Waals surface area contributed by atoms with Crippen LogP contribution < -0.4 is 16.4 Å². The van der Waals surface area contributed by atoms with E-state index in [0.717, 1.165) is 0 Å². The fourth-order valence-electron chi connectivity index (χ4n) is 1.39. The predicted molar refractivity (Wildman–Crippen MR) is 43.6 cm³/mol. The highest BCUT2D eigenvalue weighted by molar-refractivity contribution is 6.03. The van der Waals surface area contributed by atoms with Crippen molar-refractivity contribution in [3.05, 3.63) is 0 Å². The standard InChI is InChI=1S/C6H9N5O2/c1-11-3-2(8-5(11)7)4(12)10-6(13)9-3/h2-3H,1H3,(H2,7,8)(H2,9,10,12,13). The molecule has 2 rings (SSSR count). The van der Waals surface area contributed by atoms with Crippen LogP contribution in [-0.2, 0) is 4.79 Å². The minimum absolute atomic E-state index is 0.257. The highest BCUT2D eigenvalue weighted by Crippen LogP contribution is 2.14. The second-order valence-electron chi connectivity index (χ2n) is 2.95. The Morgan fingerprint density at radius 2 is 2.23 bits per heavy atom. The normalized spacial score (nSPS) is 32.1. The fourth-order valence-corrected chi connectivity index (χ4v) is 1.39. The smallest absolute Gasteiger partial charge is 0.323 e. The van der Waals surface area contributed by atoms with Gasteiger partial charge in [0, 0.05) is 7.05 Å². The first-order valence-corrected chi connectivity index (χ1v) is 3.77. The van der Waals surface area contributed by atoms with Crippen molar-refractivity contribution in [1.29, 1.82) is 0 Å². The SMILES string of the molecule is CN1C(N)=NC2C(=O)NC(=O)NC21. The Morgan fingerprint density at radius 1 is 1.54 bits per heavy atom. The minimum atomic E-state index is -0.623. The van der Waals surface area contributed by atoms with Gasteiger partial charge in [0.15, 0.2) is 12.0 Å². The van der Waals surface area contributed by atoms with Crippen LogP contribution in [0, 0.1) is 0 Å². The third kappa shape index (κ3) is 1.00. The molecule has 70 valence electrons. The molecule has 0 aromatic rings. The zero-order valence-corrected chi connectivity index (χ0v) is 6.94. The lowest BCUT2D eigenvalue weighted by atomic mass is 10.2. The molecule has 0 bridgehead atoms. The van der Waals surface area contributed by atoms with Gasteiger partial charge in [0.25, 0.3) is 5.91 Å². The van der Waals surface area contributed by atoms with E-state index in [9.17, 15) is 9.59 Å². The number of nitrogens with two attached hydrogens (primary N) is 1. The number of hydrogen-bond donors (Lipinski definition) is 3. The zero-order valence-electron chi connectivity index (χ0n) is 6.94. The molecule has 4 N–H and O–H groups in total. The van der Waals surface area contributed by atoms with E-state index in [-0.39, 0.29) is 5.96 Å². The number of hydrogen-bond acceptors (Lipinski definition) is 5. The van der Waals surface area contributed by atoms with Crippen LogP contribution in [0.3, 0.4) is 0 Å². The zero-order chi connectivity index (χ0) is 9.59. The van der Waals surface area contributed by atoms with E-state index in [4.69, 9.17) is 5.73 Å². The molecule has 0 aliphatic carbocycles. The molecular weight excluding hydrogens is 174 g/mol. The van der Waals surface area contributed by atoms with Gasteiger partial charge in [-0.1, -0.05) is 0 Å². The van der Waals surface area contributed by atoms with E-state index in [1.165, 1.54) is 0 Å². The van der Waals surface area contributed by atoms with Crippen LogP contribution in [-0.4, -0.2) is 42.1 Å². The maximum absolute atomic E-state index is 11.2. The number of guanidine groups is 1. The maximum Gasteiger partial charge on any atom is 0.323 e. The van der Waals surface area contributed by atoms with Crippen molar-refractivity contribution < 1.29 is 9.59 Å². The van der Waals surface area contributed by atoms with Crippen LogP contribution in [0.15, 0.2) is 4.99 Å². The number of carbonyl (C=O) groups is 2. The molecule has 0 radical (unpaired) electrons. The number of amides is 3. The molecule has 2 aliphatic heterocycles. The summed E-state index contributed by atoms with van der Waals surface area (Å²) in [6.07, 6.45) is -0.443. The molecular formula is C6H9N5O2. The molecule has 7 nitrogen and oxygen atoms in total. The highest BCUT2D eigenvalue weighted by Gasteiger charge is 2.42. The summed E-state index contributed by atoms with van der Waals surface area (Å²) in [7, 11) is 1.67. The molecule has 7 heteroatoms. The summed E-state index contributed by atoms with van der Waals surface area (Å²) >= 11 is 0. The van der Waals surface area contributed by atoms with Crippen LogP contribution in [0.4, 0.5) is 4.79 Å². The summed E-state index contributed by atoms with van der Waals surface area (Å²) in [5.41, 5.74) is 5.49. The van der Waals surface area contributed by atoms with E-state index in [2.05, 4.69) is 15.6 Å². The van der Waals surface area contributed by atoms with E-state index < -0.39 is 24.1 Å². The molecule has 3 amide bonds. The average Bonchev–Trinajstić information content (AvgIpc) is 2.32. The number of nitrogens with one attached hydrogen (secondary N) is 2. The number of aliphatic imine (C=N–C) groups is 1. The van der Waals surface area contributed by atoms with Crippen molar-refractivity contribution in [3.63, 3.8) is 0 Å². The molecule has 13 heavy (non-hydrogen) atoms. The summed E-state index contributed by atoms with van der Waals surface area (Å²) in [5.74, 6) is -0.159.